The molecule has 1 fully saturated rings. The Morgan fingerprint density at radius 3 is 2.79 bits per heavy atom. The highest BCUT2D eigenvalue weighted by Crippen LogP contribution is 2.31. The van der Waals surface area contributed by atoms with Crippen LogP contribution in [0.1, 0.15) is 18.9 Å². The molecule has 1 atom stereocenters. The lowest BCUT2D eigenvalue weighted by Gasteiger charge is -2.08. The van der Waals surface area contributed by atoms with Crippen molar-refractivity contribution in [3.63, 3.8) is 0 Å². The number of hydrogen-bond donors (Lipinski definition) is 2. The molecule has 1 aliphatic rings. The zero-order chi connectivity index (χ0) is 20.4. The Labute approximate surface area is 176 Å². The van der Waals surface area contributed by atoms with Gasteiger partial charge in [0.2, 0.25) is 11.8 Å². The molecule has 1 aromatic heterocycles. The molecule has 148 valence electrons. The van der Waals surface area contributed by atoms with Crippen molar-refractivity contribution >= 4 is 56.0 Å². The van der Waals surface area contributed by atoms with Crippen LogP contribution in [0, 0.1) is 6.92 Å². The average molecular weight is 425 g/mol. The maximum atomic E-state index is 12.3. The Bertz CT molecular complexity index is 1110. The number of amidine groups is 1. The van der Waals surface area contributed by atoms with E-state index in [0.29, 0.717) is 17.4 Å². The number of nitrogens with one attached hydrogen (secondary N) is 2. The highest BCUT2D eigenvalue weighted by Gasteiger charge is 2.31. The normalized spacial score (nSPS) is 17.7. The van der Waals surface area contributed by atoms with Gasteiger partial charge in [-0.1, -0.05) is 17.8 Å². The Balaban J connectivity index is 1.40. The van der Waals surface area contributed by atoms with Crippen LogP contribution in [0.5, 0.6) is 0 Å². The van der Waals surface area contributed by atoms with E-state index in [1.807, 2.05) is 37.3 Å². The predicted octanol–water partition coefficient (Wildman–Crippen LogP) is 4.21. The average Bonchev–Trinajstić information content (AvgIpc) is 3.25. The first-order valence-electron chi connectivity index (χ1n) is 9.31. The van der Waals surface area contributed by atoms with Crippen LogP contribution in [-0.2, 0) is 9.59 Å². The highest BCUT2D eigenvalue weighted by molar-refractivity contribution is 8.15. The second-order valence-electron chi connectivity index (χ2n) is 6.70. The highest BCUT2D eigenvalue weighted by atomic mass is 32.2. The van der Waals surface area contributed by atoms with Crippen molar-refractivity contribution in [2.75, 3.05) is 11.9 Å². The molecule has 0 aliphatic carbocycles. The van der Waals surface area contributed by atoms with Crippen molar-refractivity contribution < 1.29 is 9.59 Å². The fourth-order valence-electron chi connectivity index (χ4n) is 2.99. The lowest BCUT2D eigenvalue weighted by atomic mass is 10.2. The van der Waals surface area contributed by atoms with Crippen LogP contribution < -0.4 is 10.6 Å². The third-order valence-corrected chi connectivity index (χ3v) is 6.60. The number of fused-ring (bicyclic) bond motifs is 1. The number of rotatable bonds is 5. The van der Waals surface area contributed by atoms with Crippen molar-refractivity contribution in [3.8, 4) is 10.6 Å². The lowest BCUT2D eigenvalue weighted by Crippen LogP contribution is -2.28. The molecule has 6 nitrogen and oxygen atoms in total. The van der Waals surface area contributed by atoms with Crippen LogP contribution in [0.25, 0.3) is 20.8 Å². The Morgan fingerprint density at radius 1 is 1.24 bits per heavy atom. The van der Waals surface area contributed by atoms with Crippen molar-refractivity contribution in [1.82, 2.24) is 10.3 Å². The monoisotopic (exact) mass is 424 g/mol. The molecule has 1 saturated heterocycles. The molecule has 29 heavy (non-hydrogen) atoms. The van der Waals surface area contributed by atoms with Gasteiger partial charge in [0.05, 0.1) is 10.2 Å². The van der Waals surface area contributed by atoms with Gasteiger partial charge in [0.25, 0.3) is 0 Å². The van der Waals surface area contributed by atoms with Crippen molar-refractivity contribution in [2.45, 2.75) is 25.5 Å². The Hall–Kier alpha value is -2.71. The number of aromatic nitrogens is 1. The van der Waals surface area contributed by atoms with E-state index in [1.165, 1.54) is 17.3 Å². The molecule has 0 bridgehead atoms. The molecule has 4 rings (SSSR count). The number of benzene rings is 2. The van der Waals surface area contributed by atoms with Gasteiger partial charge in [-0.25, -0.2) is 4.98 Å². The van der Waals surface area contributed by atoms with Crippen LogP contribution in [0.15, 0.2) is 47.5 Å². The number of carbonyl (C=O) groups is 2. The van der Waals surface area contributed by atoms with Crippen LogP contribution in [0.4, 0.5) is 5.69 Å². The lowest BCUT2D eigenvalue weighted by molar-refractivity contribution is -0.122. The maximum Gasteiger partial charge on any atom is 0.240 e. The molecule has 3 aromatic rings. The van der Waals surface area contributed by atoms with Gasteiger partial charge in [0.1, 0.15) is 10.3 Å². The molecule has 1 aliphatic heterocycles. The van der Waals surface area contributed by atoms with E-state index >= 15 is 0 Å². The number of carbonyl (C=O) groups excluding carboxylic acids is 2. The standard InChI is InChI=1S/C21H20N4O2S2/c1-3-22-21-25-19(27)17(29-21)11-18(26)23-14-7-5-13(6-8-14)20-24-15-9-4-12(2)10-16(15)28-20/h4-10,17H,3,11H2,1-2H3,(H,23,26)(H,22,25,27)/t17-/m1/s1. The summed E-state index contributed by atoms with van der Waals surface area (Å²) in [4.78, 5) is 33.1. The van der Waals surface area contributed by atoms with Crippen molar-refractivity contribution in [1.29, 1.82) is 0 Å². The molecule has 8 heteroatoms. The summed E-state index contributed by atoms with van der Waals surface area (Å²) in [6, 6.07) is 13.8. The number of hydrogen-bond acceptors (Lipinski definition) is 6. The van der Waals surface area contributed by atoms with Crippen LogP contribution in [0.3, 0.4) is 0 Å². The zero-order valence-corrected chi connectivity index (χ0v) is 17.7. The van der Waals surface area contributed by atoms with Crippen LogP contribution in [0.2, 0.25) is 0 Å². The van der Waals surface area contributed by atoms with Gasteiger partial charge in [-0.2, -0.15) is 0 Å². The minimum Gasteiger partial charge on any atom is -0.326 e. The number of nitrogens with zero attached hydrogens (tertiary/aromatic N) is 2. The summed E-state index contributed by atoms with van der Waals surface area (Å²) >= 11 is 2.96. The summed E-state index contributed by atoms with van der Waals surface area (Å²) in [5, 5.41) is 6.66. The fraction of sp³-hybridized carbons (Fsp3) is 0.238. The van der Waals surface area contributed by atoms with E-state index in [0.717, 1.165) is 20.8 Å². The third kappa shape index (κ3) is 4.49. The summed E-state index contributed by atoms with van der Waals surface area (Å²) in [5.74, 6) is -0.364. The van der Waals surface area contributed by atoms with E-state index in [1.54, 1.807) is 11.3 Å². The molecule has 0 saturated carbocycles. The molecule has 0 radical (unpaired) electrons. The van der Waals surface area contributed by atoms with Gasteiger partial charge in [0, 0.05) is 24.2 Å². The SMILES string of the molecule is CCN=C1NC(=O)[C@@H](CC(=O)Nc2ccc(-c3nc4ccc(C)cc4s3)cc2)S1. The quantitative estimate of drug-likeness (QED) is 0.643. The zero-order valence-electron chi connectivity index (χ0n) is 16.1. The first-order valence-corrected chi connectivity index (χ1v) is 11.0. The largest absolute Gasteiger partial charge is 0.326 e. The summed E-state index contributed by atoms with van der Waals surface area (Å²) < 4.78 is 1.16. The molecular formula is C21H20N4O2S2. The molecule has 0 spiro atoms. The van der Waals surface area contributed by atoms with E-state index in [2.05, 4.69) is 39.7 Å². The number of amides is 2. The number of thiazole rings is 1. The van der Waals surface area contributed by atoms with Gasteiger partial charge < -0.3 is 10.6 Å². The minimum atomic E-state index is -0.439. The summed E-state index contributed by atoms with van der Waals surface area (Å²) in [5.41, 5.74) is 3.91. The summed E-state index contributed by atoms with van der Waals surface area (Å²) in [6.07, 6.45) is 0.109. The number of aryl methyl sites for hydroxylation is 1. The van der Waals surface area contributed by atoms with Gasteiger partial charge in [-0.3, -0.25) is 14.6 Å². The predicted molar refractivity (Wildman–Crippen MR) is 121 cm³/mol. The third-order valence-electron chi connectivity index (χ3n) is 4.41. The molecular weight excluding hydrogens is 404 g/mol. The smallest absolute Gasteiger partial charge is 0.240 e. The van der Waals surface area contributed by atoms with Gasteiger partial charge >= 0.3 is 0 Å². The van der Waals surface area contributed by atoms with Gasteiger partial charge in [0.15, 0.2) is 5.17 Å². The topological polar surface area (TPSA) is 83.5 Å². The Kier molecular flexibility index (Phi) is 5.64. The molecule has 0 unspecified atom stereocenters. The summed E-state index contributed by atoms with van der Waals surface area (Å²) in [6.45, 7) is 4.57. The van der Waals surface area contributed by atoms with Crippen LogP contribution >= 0.6 is 23.1 Å². The second kappa shape index (κ2) is 8.34. The fourth-order valence-corrected chi connectivity index (χ4v) is 5.09. The number of anilines is 1. The molecule has 2 N–H and O–H groups in total. The van der Waals surface area contributed by atoms with Crippen molar-refractivity contribution in [3.05, 3.63) is 48.0 Å². The maximum absolute atomic E-state index is 12.3. The van der Waals surface area contributed by atoms with E-state index in [-0.39, 0.29) is 18.2 Å². The number of aliphatic imine (C=N–C) groups is 1. The first-order chi connectivity index (χ1) is 14.0. The van der Waals surface area contributed by atoms with Gasteiger partial charge in [-0.05, 0) is 55.8 Å². The Morgan fingerprint density at radius 2 is 2.03 bits per heavy atom. The molecule has 2 heterocycles. The van der Waals surface area contributed by atoms with Crippen molar-refractivity contribution in [2.24, 2.45) is 4.99 Å². The second-order valence-corrected chi connectivity index (χ2v) is 8.92. The molecule has 2 aromatic carbocycles. The van der Waals surface area contributed by atoms with E-state index in [4.69, 9.17) is 0 Å². The van der Waals surface area contributed by atoms with E-state index < -0.39 is 5.25 Å². The van der Waals surface area contributed by atoms with E-state index in [9.17, 15) is 9.59 Å². The number of thioether (sulfide) groups is 1. The molecule has 2 amide bonds. The first kappa shape index (κ1) is 19.6. The van der Waals surface area contributed by atoms with Crippen LogP contribution in [-0.4, -0.2) is 33.8 Å². The minimum absolute atomic E-state index is 0.109. The van der Waals surface area contributed by atoms with Gasteiger partial charge in [-0.15, -0.1) is 11.3 Å². The summed E-state index contributed by atoms with van der Waals surface area (Å²) in [7, 11) is 0.